The van der Waals surface area contributed by atoms with E-state index in [4.69, 9.17) is 14.2 Å². The number of hydrogen-bond donors (Lipinski definition) is 0. The maximum Gasteiger partial charge on any atom is 0.161 e. The molecule has 5 heteroatoms. The van der Waals surface area contributed by atoms with Gasteiger partial charge in [-0.1, -0.05) is 12.1 Å². The van der Waals surface area contributed by atoms with Gasteiger partial charge in [0.2, 0.25) is 0 Å². The Morgan fingerprint density at radius 1 is 1.08 bits per heavy atom. The van der Waals surface area contributed by atoms with Crippen molar-refractivity contribution in [3.63, 3.8) is 0 Å². The van der Waals surface area contributed by atoms with Gasteiger partial charge in [0.15, 0.2) is 11.5 Å². The van der Waals surface area contributed by atoms with Crippen LogP contribution in [0.15, 0.2) is 36.4 Å². The maximum atomic E-state index is 9.27. The number of nitrogens with zero attached hydrogens (tertiary/aromatic N) is 2. The summed E-state index contributed by atoms with van der Waals surface area (Å²) < 4.78 is 17.0. The van der Waals surface area contributed by atoms with Gasteiger partial charge in [-0.15, -0.1) is 0 Å². The van der Waals surface area contributed by atoms with Gasteiger partial charge in [0.05, 0.1) is 19.8 Å². The van der Waals surface area contributed by atoms with Crippen LogP contribution in [0.2, 0.25) is 0 Å². The minimum atomic E-state index is -0.173. The van der Waals surface area contributed by atoms with Crippen molar-refractivity contribution >= 4 is 0 Å². The Morgan fingerprint density at radius 3 is 2.50 bits per heavy atom. The van der Waals surface area contributed by atoms with Gasteiger partial charge in [0.25, 0.3) is 0 Å². The van der Waals surface area contributed by atoms with E-state index in [1.807, 2.05) is 37.4 Å². The van der Waals surface area contributed by atoms with Crippen LogP contribution in [0.3, 0.4) is 0 Å². The van der Waals surface area contributed by atoms with Crippen molar-refractivity contribution in [1.82, 2.24) is 4.90 Å². The van der Waals surface area contributed by atoms with Crippen LogP contribution < -0.4 is 14.2 Å². The molecule has 1 aliphatic rings. The molecule has 1 unspecified atom stereocenters. The molecule has 0 aliphatic carbocycles. The van der Waals surface area contributed by atoms with Crippen molar-refractivity contribution < 1.29 is 14.2 Å². The van der Waals surface area contributed by atoms with Gasteiger partial charge in [-0.2, -0.15) is 5.26 Å². The molecule has 3 rings (SSSR count). The second-order valence-electron chi connectivity index (χ2n) is 5.82. The van der Waals surface area contributed by atoms with Crippen molar-refractivity contribution in [1.29, 1.82) is 5.26 Å². The highest BCUT2D eigenvalue weighted by Gasteiger charge is 2.27. The van der Waals surface area contributed by atoms with Crippen LogP contribution in [-0.2, 0) is 6.54 Å². The number of hydrogen-bond acceptors (Lipinski definition) is 5. The third-order valence-electron chi connectivity index (χ3n) is 4.19. The topological polar surface area (TPSA) is 54.7 Å². The fourth-order valence-electron chi connectivity index (χ4n) is 3.03. The van der Waals surface area contributed by atoms with Gasteiger partial charge in [-0.3, -0.25) is 4.90 Å². The average Bonchev–Trinajstić information content (AvgIpc) is 2.61. The lowest BCUT2D eigenvalue weighted by atomic mass is 9.96. The number of fused-ring (bicyclic) bond motifs is 1. The first-order valence-electron chi connectivity index (χ1n) is 7.75. The van der Waals surface area contributed by atoms with Crippen LogP contribution in [0.25, 0.3) is 0 Å². The lowest BCUT2D eigenvalue weighted by Gasteiger charge is -2.33. The van der Waals surface area contributed by atoms with Crippen LogP contribution in [0, 0.1) is 11.3 Å². The molecule has 5 nitrogen and oxygen atoms in total. The number of benzene rings is 2. The molecule has 0 radical (unpaired) electrons. The van der Waals surface area contributed by atoms with Gasteiger partial charge in [-0.25, -0.2) is 0 Å². The van der Waals surface area contributed by atoms with E-state index in [1.54, 1.807) is 20.3 Å². The van der Waals surface area contributed by atoms with E-state index in [-0.39, 0.29) is 6.10 Å². The summed E-state index contributed by atoms with van der Waals surface area (Å²) in [6.07, 6.45) is -0.173. The molecule has 0 fully saturated rings. The Hall–Kier alpha value is -2.71. The monoisotopic (exact) mass is 324 g/mol. The molecule has 124 valence electrons. The quantitative estimate of drug-likeness (QED) is 0.865. The van der Waals surface area contributed by atoms with E-state index < -0.39 is 0 Å². The summed E-state index contributed by atoms with van der Waals surface area (Å²) in [5.41, 5.74) is 2.74. The Morgan fingerprint density at radius 2 is 1.79 bits per heavy atom. The Bertz CT molecular complexity index is 783. The van der Waals surface area contributed by atoms with Crippen LogP contribution >= 0.6 is 0 Å². The molecule has 0 spiro atoms. The maximum absolute atomic E-state index is 9.27. The van der Waals surface area contributed by atoms with Crippen molar-refractivity contribution in [2.45, 2.75) is 12.6 Å². The number of nitriles is 1. The van der Waals surface area contributed by atoms with Crippen LogP contribution in [0.5, 0.6) is 17.2 Å². The number of para-hydroxylation sites is 1. The third-order valence-corrected chi connectivity index (χ3v) is 4.19. The van der Waals surface area contributed by atoms with E-state index in [1.165, 1.54) is 0 Å². The summed E-state index contributed by atoms with van der Waals surface area (Å²) >= 11 is 0. The fraction of sp³-hybridized carbons (Fsp3) is 0.316. The average molecular weight is 324 g/mol. The molecule has 0 aromatic heterocycles. The normalized spacial score (nSPS) is 16.8. The minimum Gasteiger partial charge on any atom is -0.493 e. The summed E-state index contributed by atoms with van der Waals surface area (Å²) in [6, 6.07) is 13.4. The molecule has 2 aromatic rings. The van der Waals surface area contributed by atoms with Crippen molar-refractivity contribution in [2.75, 3.05) is 27.8 Å². The Kier molecular flexibility index (Phi) is 4.59. The molecule has 2 aromatic carbocycles. The van der Waals surface area contributed by atoms with Crippen LogP contribution in [0.4, 0.5) is 0 Å². The SMILES string of the molecule is COc1cc2c(cc1OC)C(Oc1ccccc1C#N)CN(C)C2. The molecule has 1 aliphatic heterocycles. The molecule has 0 saturated carbocycles. The zero-order valence-electron chi connectivity index (χ0n) is 14.1. The molecule has 1 heterocycles. The standard InChI is InChI=1S/C19H20N2O3/c1-21-11-14-8-17(22-2)18(23-3)9-15(14)19(12-21)24-16-7-5-4-6-13(16)10-20/h4-9,19H,11-12H2,1-3H3. The largest absolute Gasteiger partial charge is 0.493 e. The van der Waals surface area contributed by atoms with Gasteiger partial charge in [0, 0.05) is 18.7 Å². The van der Waals surface area contributed by atoms with E-state index in [9.17, 15) is 5.26 Å². The first-order valence-corrected chi connectivity index (χ1v) is 7.75. The van der Waals surface area contributed by atoms with E-state index >= 15 is 0 Å². The highest BCUT2D eigenvalue weighted by molar-refractivity contribution is 5.50. The first kappa shape index (κ1) is 16.2. The highest BCUT2D eigenvalue weighted by Crippen LogP contribution is 2.38. The number of ether oxygens (including phenoxy) is 3. The predicted molar refractivity (Wildman–Crippen MR) is 90.4 cm³/mol. The molecule has 0 N–H and O–H groups in total. The van der Waals surface area contributed by atoms with E-state index in [2.05, 4.69) is 11.0 Å². The molecule has 0 amide bonds. The van der Waals surface area contributed by atoms with E-state index in [0.29, 0.717) is 22.8 Å². The van der Waals surface area contributed by atoms with Crippen LogP contribution in [-0.4, -0.2) is 32.7 Å². The number of likely N-dealkylation sites (N-methyl/N-ethyl adjacent to an activating group) is 1. The summed E-state index contributed by atoms with van der Waals surface area (Å²) in [5, 5.41) is 9.27. The Labute approximate surface area is 142 Å². The van der Waals surface area contributed by atoms with Crippen LogP contribution in [0.1, 0.15) is 22.8 Å². The predicted octanol–water partition coefficient (Wildman–Crippen LogP) is 3.14. The minimum absolute atomic E-state index is 0.173. The number of methoxy groups -OCH3 is 2. The lowest BCUT2D eigenvalue weighted by molar-refractivity contribution is 0.128. The molecule has 1 atom stereocenters. The van der Waals surface area contributed by atoms with Crippen molar-refractivity contribution in [2.24, 2.45) is 0 Å². The number of rotatable bonds is 4. The fourth-order valence-corrected chi connectivity index (χ4v) is 3.03. The highest BCUT2D eigenvalue weighted by atomic mass is 16.5. The molecule has 24 heavy (non-hydrogen) atoms. The van der Waals surface area contributed by atoms with E-state index in [0.717, 1.165) is 24.2 Å². The summed E-state index contributed by atoms with van der Waals surface area (Å²) in [5.74, 6) is 1.99. The second kappa shape index (κ2) is 6.81. The van der Waals surface area contributed by atoms with Crippen molar-refractivity contribution in [3.8, 4) is 23.3 Å². The summed E-state index contributed by atoms with van der Waals surface area (Å²) in [6.45, 7) is 1.55. The Balaban J connectivity index is 2.00. The van der Waals surface area contributed by atoms with Crippen molar-refractivity contribution in [3.05, 3.63) is 53.1 Å². The smallest absolute Gasteiger partial charge is 0.161 e. The molecule has 0 saturated heterocycles. The molecule has 0 bridgehead atoms. The third kappa shape index (κ3) is 3.01. The van der Waals surface area contributed by atoms with Gasteiger partial charge in [-0.05, 0) is 36.9 Å². The molecular weight excluding hydrogens is 304 g/mol. The first-order chi connectivity index (χ1) is 11.7. The molecular formula is C19H20N2O3. The summed E-state index contributed by atoms with van der Waals surface area (Å²) in [7, 11) is 5.31. The zero-order valence-corrected chi connectivity index (χ0v) is 14.1. The van der Waals surface area contributed by atoms with Gasteiger partial charge >= 0.3 is 0 Å². The summed E-state index contributed by atoms with van der Waals surface area (Å²) in [4.78, 5) is 2.19. The zero-order chi connectivity index (χ0) is 17.1. The lowest BCUT2D eigenvalue weighted by Crippen LogP contribution is -2.33. The second-order valence-corrected chi connectivity index (χ2v) is 5.82. The van der Waals surface area contributed by atoms with Gasteiger partial charge in [0.1, 0.15) is 17.9 Å². The van der Waals surface area contributed by atoms with Gasteiger partial charge < -0.3 is 14.2 Å².